The highest BCUT2D eigenvalue weighted by atomic mass is 79.9. The first-order valence-corrected chi connectivity index (χ1v) is 5.77. The number of aromatic nitrogens is 2. The van der Waals surface area contributed by atoms with E-state index < -0.39 is 11.9 Å². The number of nitrogens with zero attached hydrogens (tertiary/aromatic N) is 2. The number of pyridine rings is 1. The third kappa shape index (κ3) is 1.97. The lowest BCUT2D eigenvalue weighted by atomic mass is 10.2. The zero-order chi connectivity index (χ0) is 12.8. The van der Waals surface area contributed by atoms with Crippen molar-refractivity contribution >= 4 is 38.9 Å². The lowest BCUT2D eigenvalue weighted by Gasteiger charge is -2.03. The predicted octanol–water partition coefficient (Wildman–Crippen LogP) is 3.44. The number of hydrogen-bond acceptors (Lipinski definition) is 2. The van der Waals surface area contributed by atoms with Gasteiger partial charge in [-0.2, -0.15) is 18.3 Å². The fraction of sp³-hybridized carbons (Fsp3) is 0.222. The highest BCUT2D eigenvalue weighted by Crippen LogP contribution is 2.36. The van der Waals surface area contributed by atoms with Gasteiger partial charge in [0.1, 0.15) is 5.82 Å². The van der Waals surface area contributed by atoms with Crippen LogP contribution >= 0.6 is 27.5 Å². The van der Waals surface area contributed by atoms with Crippen LogP contribution in [0.4, 0.5) is 19.0 Å². The van der Waals surface area contributed by atoms with Crippen molar-refractivity contribution in [2.24, 2.45) is 0 Å². The molecular formula is C9H6BrClF3N3. The van der Waals surface area contributed by atoms with Crippen LogP contribution in [0.1, 0.15) is 11.3 Å². The molecule has 3 nitrogen and oxygen atoms in total. The van der Waals surface area contributed by atoms with Gasteiger partial charge in [-0.05, 0) is 28.1 Å². The zero-order valence-corrected chi connectivity index (χ0v) is 10.6. The molecule has 92 valence electrons. The van der Waals surface area contributed by atoms with E-state index in [2.05, 4.69) is 21.0 Å². The maximum atomic E-state index is 12.7. The number of nitrogen functional groups attached to an aromatic ring is 1. The second kappa shape index (κ2) is 4.06. The molecule has 0 bridgehead atoms. The molecule has 2 aromatic heterocycles. The molecule has 2 aromatic rings. The van der Waals surface area contributed by atoms with Gasteiger partial charge in [0, 0.05) is 10.0 Å². The van der Waals surface area contributed by atoms with E-state index in [-0.39, 0.29) is 22.8 Å². The Kier molecular flexibility index (Phi) is 2.99. The summed E-state index contributed by atoms with van der Waals surface area (Å²) in [5, 5.41) is 3.47. The molecule has 0 unspecified atom stereocenters. The molecule has 0 amide bonds. The first-order valence-electron chi connectivity index (χ1n) is 4.45. The highest BCUT2D eigenvalue weighted by Gasteiger charge is 2.38. The second-order valence-corrected chi connectivity index (χ2v) is 4.45. The molecule has 0 aliphatic heterocycles. The number of alkyl halides is 4. The summed E-state index contributed by atoms with van der Waals surface area (Å²) in [4.78, 5) is 0. The number of rotatable bonds is 1. The Morgan fingerprint density at radius 1 is 1.41 bits per heavy atom. The molecule has 8 heteroatoms. The quantitative estimate of drug-likeness (QED) is 0.815. The molecule has 17 heavy (non-hydrogen) atoms. The van der Waals surface area contributed by atoms with Crippen molar-refractivity contribution in [3.8, 4) is 0 Å². The summed E-state index contributed by atoms with van der Waals surface area (Å²) in [7, 11) is 0. The van der Waals surface area contributed by atoms with Crippen molar-refractivity contribution in [1.29, 1.82) is 0 Å². The molecule has 0 atom stereocenters. The summed E-state index contributed by atoms with van der Waals surface area (Å²) >= 11 is 8.73. The minimum Gasteiger partial charge on any atom is -0.384 e. The van der Waals surface area contributed by atoms with Crippen LogP contribution in [0, 0.1) is 0 Å². The van der Waals surface area contributed by atoms with Gasteiger partial charge in [0.25, 0.3) is 0 Å². The summed E-state index contributed by atoms with van der Waals surface area (Å²) in [5.74, 6) is -0.175. The Morgan fingerprint density at radius 2 is 2.06 bits per heavy atom. The molecular weight excluding hydrogens is 322 g/mol. The Labute approximate surface area is 107 Å². The SMILES string of the molecule is Nc1ccc(Br)c2c(CCl)c(C(F)(F)F)nn12. The van der Waals surface area contributed by atoms with Crippen LogP contribution < -0.4 is 5.73 Å². The summed E-state index contributed by atoms with van der Waals surface area (Å²) in [6, 6.07) is 3.02. The largest absolute Gasteiger partial charge is 0.435 e. The van der Waals surface area contributed by atoms with E-state index in [1.165, 1.54) is 6.07 Å². The van der Waals surface area contributed by atoms with Crippen LogP contribution in [-0.4, -0.2) is 9.61 Å². The smallest absolute Gasteiger partial charge is 0.384 e. The van der Waals surface area contributed by atoms with Crippen LogP contribution in [-0.2, 0) is 12.1 Å². The molecule has 0 aliphatic rings. The van der Waals surface area contributed by atoms with E-state index >= 15 is 0 Å². The average molecular weight is 329 g/mol. The van der Waals surface area contributed by atoms with E-state index in [0.29, 0.717) is 4.47 Å². The van der Waals surface area contributed by atoms with Crippen molar-refractivity contribution in [2.45, 2.75) is 12.1 Å². The maximum absolute atomic E-state index is 12.7. The zero-order valence-electron chi connectivity index (χ0n) is 8.22. The molecule has 0 aliphatic carbocycles. The molecule has 0 spiro atoms. The lowest BCUT2D eigenvalue weighted by molar-refractivity contribution is -0.141. The van der Waals surface area contributed by atoms with Gasteiger partial charge in [0.15, 0.2) is 5.69 Å². The summed E-state index contributed by atoms with van der Waals surface area (Å²) in [6.07, 6.45) is -4.55. The van der Waals surface area contributed by atoms with Crippen molar-refractivity contribution in [3.05, 3.63) is 27.9 Å². The number of hydrogen-bond donors (Lipinski definition) is 1. The predicted molar refractivity (Wildman–Crippen MR) is 61.9 cm³/mol. The van der Waals surface area contributed by atoms with Gasteiger partial charge in [-0.1, -0.05) is 0 Å². The molecule has 2 N–H and O–H groups in total. The Bertz CT molecular complexity index is 579. The highest BCUT2D eigenvalue weighted by molar-refractivity contribution is 9.10. The van der Waals surface area contributed by atoms with Crippen molar-refractivity contribution in [2.75, 3.05) is 5.73 Å². The van der Waals surface area contributed by atoms with Crippen molar-refractivity contribution in [1.82, 2.24) is 9.61 Å². The Hall–Kier alpha value is -0.950. The summed E-state index contributed by atoms with van der Waals surface area (Å²) in [6.45, 7) is 0. The molecule has 2 heterocycles. The number of fused-ring (bicyclic) bond motifs is 1. The second-order valence-electron chi connectivity index (χ2n) is 3.33. The van der Waals surface area contributed by atoms with Crippen LogP contribution in [0.15, 0.2) is 16.6 Å². The van der Waals surface area contributed by atoms with E-state index in [9.17, 15) is 13.2 Å². The van der Waals surface area contributed by atoms with Gasteiger partial charge in [0.2, 0.25) is 0 Å². The molecule has 2 rings (SSSR count). The van der Waals surface area contributed by atoms with Crippen LogP contribution in [0.2, 0.25) is 0 Å². The minimum atomic E-state index is -4.55. The van der Waals surface area contributed by atoms with Gasteiger partial charge in [0.05, 0.1) is 11.4 Å². The van der Waals surface area contributed by atoms with Crippen molar-refractivity contribution < 1.29 is 13.2 Å². The van der Waals surface area contributed by atoms with Crippen LogP contribution in [0.5, 0.6) is 0 Å². The lowest BCUT2D eigenvalue weighted by Crippen LogP contribution is -2.08. The topological polar surface area (TPSA) is 43.3 Å². The van der Waals surface area contributed by atoms with Crippen LogP contribution in [0.25, 0.3) is 5.52 Å². The van der Waals surface area contributed by atoms with Gasteiger partial charge in [-0.15, -0.1) is 11.6 Å². The Balaban J connectivity index is 2.89. The summed E-state index contributed by atoms with van der Waals surface area (Å²) in [5.41, 5.74) is 4.72. The van der Waals surface area contributed by atoms with E-state index in [4.69, 9.17) is 17.3 Å². The maximum Gasteiger partial charge on any atom is 0.435 e. The van der Waals surface area contributed by atoms with E-state index in [1.807, 2.05) is 0 Å². The molecule has 0 aromatic carbocycles. The van der Waals surface area contributed by atoms with Gasteiger partial charge < -0.3 is 5.73 Å². The van der Waals surface area contributed by atoms with E-state index in [1.54, 1.807) is 6.07 Å². The van der Waals surface area contributed by atoms with Gasteiger partial charge in [-0.3, -0.25) is 0 Å². The normalized spacial score (nSPS) is 12.3. The average Bonchev–Trinajstić information content (AvgIpc) is 2.63. The fourth-order valence-corrected chi connectivity index (χ4v) is 2.34. The molecule has 0 saturated heterocycles. The third-order valence-electron chi connectivity index (χ3n) is 2.26. The van der Waals surface area contributed by atoms with E-state index in [0.717, 1.165) is 4.52 Å². The molecule has 0 radical (unpaired) electrons. The number of anilines is 1. The molecule has 0 saturated carbocycles. The van der Waals surface area contributed by atoms with Crippen molar-refractivity contribution in [3.63, 3.8) is 0 Å². The third-order valence-corrected chi connectivity index (χ3v) is 3.16. The van der Waals surface area contributed by atoms with Crippen LogP contribution in [0.3, 0.4) is 0 Å². The van der Waals surface area contributed by atoms with Gasteiger partial charge in [-0.25, -0.2) is 4.52 Å². The molecule has 0 fully saturated rings. The Morgan fingerprint density at radius 3 is 2.59 bits per heavy atom. The first-order chi connectivity index (χ1) is 7.86. The minimum absolute atomic E-state index is 0.0849. The standard InChI is InChI=1S/C9H6BrClF3N3/c10-5-1-2-6(15)17-7(5)4(3-11)8(16-17)9(12,13)14/h1-2H,3,15H2. The number of nitrogens with two attached hydrogens (primary N) is 1. The monoisotopic (exact) mass is 327 g/mol. The number of halogens is 5. The van der Waals surface area contributed by atoms with Gasteiger partial charge >= 0.3 is 6.18 Å². The fourth-order valence-electron chi connectivity index (χ4n) is 1.54. The first kappa shape index (κ1) is 12.5. The summed E-state index contributed by atoms with van der Waals surface area (Å²) < 4.78 is 39.7.